The van der Waals surface area contributed by atoms with Crippen LogP contribution in [0, 0.1) is 5.82 Å². The molecule has 2 heterocycles. The Balaban J connectivity index is 1.35. The van der Waals surface area contributed by atoms with Crippen LogP contribution in [0.1, 0.15) is 22.3 Å². The van der Waals surface area contributed by atoms with Crippen molar-refractivity contribution in [3.63, 3.8) is 0 Å². The molecule has 1 aliphatic heterocycles. The molecule has 6 nitrogen and oxygen atoms in total. The number of nitrogens with zero attached hydrogens (tertiary/aromatic N) is 3. The van der Waals surface area contributed by atoms with Gasteiger partial charge in [0, 0.05) is 17.8 Å². The predicted octanol–water partition coefficient (Wildman–Crippen LogP) is 4.00. The summed E-state index contributed by atoms with van der Waals surface area (Å²) in [4.78, 5) is 26.7. The molecule has 0 saturated carbocycles. The van der Waals surface area contributed by atoms with E-state index in [1.165, 1.54) is 46.9 Å². The quantitative estimate of drug-likeness (QED) is 0.491. The zero-order valence-corrected chi connectivity index (χ0v) is 16.9. The van der Waals surface area contributed by atoms with Crippen molar-refractivity contribution < 1.29 is 14.0 Å². The molecule has 0 radical (unpaired) electrons. The van der Waals surface area contributed by atoms with Crippen LogP contribution in [-0.4, -0.2) is 34.3 Å². The maximum absolute atomic E-state index is 13.2. The van der Waals surface area contributed by atoms with Crippen molar-refractivity contribution in [1.29, 1.82) is 0 Å². The number of carbonyl (C=O) groups is 2. The number of carbonyl (C=O) groups excluding carboxylic acids is 2. The molecule has 29 heavy (non-hydrogen) atoms. The molecule has 0 fully saturated rings. The largest absolute Gasteiger partial charge is 0.311 e. The van der Waals surface area contributed by atoms with E-state index in [-0.39, 0.29) is 17.2 Å². The Labute approximate surface area is 175 Å². The van der Waals surface area contributed by atoms with Gasteiger partial charge in [-0.2, -0.15) is 0 Å². The Morgan fingerprint density at radius 3 is 2.90 bits per heavy atom. The minimum Gasteiger partial charge on any atom is -0.311 e. The minimum atomic E-state index is -0.482. The van der Waals surface area contributed by atoms with Crippen molar-refractivity contribution in [1.82, 2.24) is 10.2 Å². The molecule has 4 rings (SSSR count). The van der Waals surface area contributed by atoms with Gasteiger partial charge in [0.2, 0.25) is 11.0 Å². The summed E-state index contributed by atoms with van der Waals surface area (Å²) in [5.41, 5.74) is 2.37. The Morgan fingerprint density at radius 1 is 1.17 bits per heavy atom. The van der Waals surface area contributed by atoms with Crippen LogP contribution >= 0.6 is 23.1 Å². The Bertz CT molecular complexity index is 1060. The van der Waals surface area contributed by atoms with E-state index in [4.69, 9.17) is 0 Å². The van der Waals surface area contributed by atoms with Crippen LogP contribution in [-0.2, 0) is 11.2 Å². The predicted molar refractivity (Wildman–Crippen MR) is 112 cm³/mol. The molecule has 0 bridgehead atoms. The number of para-hydroxylation sites is 1. The molecule has 2 amide bonds. The van der Waals surface area contributed by atoms with E-state index >= 15 is 0 Å². The fourth-order valence-corrected chi connectivity index (χ4v) is 4.73. The Hall–Kier alpha value is -2.78. The number of halogens is 1. The van der Waals surface area contributed by atoms with E-state index in [1.807, 2.05) is 23.1 Å². The number of rotatable bonds is 5. The van der Waals surface area contributed by atoms with Crippen molar-refractivity contribution in [2.45, 2.75) is 17.2 Å². The van der Waals surface area contributed by atoms with Crippen molar-refractivity contribution in [2.24, 2.45) is 0 Å². The van der Waals surface area contributed by atoms with Gasteiger partial charge in [0.05, 0.1) is 5.75 Å². The van der Waals surface area contributed by atoms with E-state index in [2.05, 4.69) is 21.6 Å². The SMILES string of the molecule is O=C(Nc1nnc(SCC(=O)N2CCCc3ccccc32)s1)c1cccc(F)c1. The molecular formula is C20H17FN4O2S2. The second-order valence-electron chi connectivity index (χ2n) is 6.40. The zero-order chi connectivity index (χ0) is 20.2. The van der Waals surface area contributed by atoms with Gasteiger partial charge in [-0.1, -0.05) is 47.4 Å². The Kier molecular flexibility index (Phi) is 5.86. The summed E-state index contributed by atoms with van der Waals surface area (Å²) in [6.45, 7) is 0.710. The normalized spacial score (nSPS) is 13.1. The summed E-state index contributed by atoms with van der Waals surface area (Å²) in [6.07, 6.45) is 1.93. The lowest BCUT2D eigenvalue weighted by atomic mass is 10.0. The average molecular weight is 429 g/mol. The minimum absolute atomic E-state index is 0.0164. The number of aryl methyl sites for hydroxylation is 1. The highest BCUT2D eigenvalue weighted by molar-refractivity contribution is 8.01. The maximum Gasteiger partial charge on any atom is 0.257 e. The van der Waals surface area contributed by atoms with Crippen LogP contribution in [0.3, 0.4) is 0 Å². The maximum atomic E-state index is 13.2. The zero-order valence-electron chi connectivity index (χ0n) is 15.3. The van der Waals surface area contributed by atoms with Gasteiger partial charge in [0.1, 0.15) is 5.82 Å². The van der Waals surface area contributed by atoms with Gasteiger partial charge >= 0.3 is 0 Å². The van der Waals surface area contributed by atoms with Crippen molar-refractivity contribution in [3.8, 4) is 0 Å². The Morgan fingerprint density at radius 2 is 2.03 bits per heavy atom. The fraction of sp³-hybridized carbons (Fsp3) is 0.200. The van der Waals surface area contributed by atoms with Crippen LogP contribution in [0.4, 0.5) is 15.2 Å². The number of nitrogens with one attached hydrogen (secondary N) is 1. The summed E-state index contributed by atoms with van der Waals surface area (Å²) in [7, 11) is 0. The van der Waals surface area contributed by atoms with Gasteiger partial charge in [0.25, 0.3) is 5.91 Å². The van der Waals surface area contributed by atoms with Gasteiger partial charge in [-0.25, -0.2) is 4.39 Å². The second kappa shape index (κ2) is 8.71. The number of anilines is 2. The summed E-state index contributed by atoms with van der Waals surface area (Å²) in [5.74, 6) is -0.689. The lowest BCUT2D eigenvalue weighted by molar-refractivity contribution is -0.116. The van der Waals surface area contributed by atoms with E-state index in [0.29, 0.717) is 16.0 Å². The fourth-order valence-electron chi connectivity index (χ4n) is 3.11. The summed E-state index contributed by atoms with van der Waals surface area (Å²) in [5, 5.41) is 10.8. The van der Waals surface area contributed by atoms with Crippen molar-refractivity contribution in [3.05, 3.63) is 65.5 Å². The third kappa shape index (κ3) is 4.63. The topological polar surface area (TPSA) is 75.2 Å². The van der Waals surface area contributed by atoms with E-state index in [0.717, 1.165) is 24.6 Å². The third-order valence-corrected chi connectivity index (χ3v) is 6.40. The molecular weight excluding hydrogens is 411 g/mol. The third-order valence-electron chi connectivity index (χ3n) is 4.44. The van der Waals surface area contributed by atoms with E-state index in [1.54, 1.807) is 0 Å². The molecule has 0 unspecified atom stereocenters. The number of benzene rings is 2. The van der Waals surface area contributed by atoms with Crippen LogP contribution in [0.15, 0.2) is 52.9 Å². The molecule has 2 aromatic carbocycles. The lowest BCUT2D eigenvalue weighted by Gasteiger charge is -2.29. The first kappa shape index (κ1) is 19.5. The number of fused-ring (bicyclic) bond motifs is 1. The van der Waals surface area contributed by atoms with Crippen LogP contribution in [0.5, 0.6) is 0 Å². The average Bonchev–Trinajstić information content (AvgIpc) is 3.19. The van der Waals surface area contributed by atoms with Crippen LogP contribution < -0.4 is 10.2 Å². The van der Waals surface area contributed by atoms with Gasteiger partial charge in [-0.15, -0.1) is 10.2 Å². The molecule has 1 N–H and O–H groups in total. The standard InChI is InChI=1S/C20H17FN4O2S2/c21-15-8-3-6-14(11-15)18(27)22-19-23-24-20(29-19)28-12-17(26)25-10-4-7-13-5-1-2-9-16(13)25/h1-3,5-6,8-9,11H,4,7,10,12H2,(H,22,23,27). The second-order valence-corrected chi connectivity index (χ2v) is 8.60. The number of thioether (sulfide) groups is 1. The van der Waals surface area contributed by atoms with Gasteiger partial charge < -0.3 is 4.90 Å². The highest BCUT2D eigenvalue weighted by atomic mass is 32.2. The molecule has 0 atom stereocenters. The summed E-state index contributed by atoms with van der Waals surface area (Å²) >= 11 is 2.46. The van der Waals surface area contributed by atoms with Gasteiger partial charge in [-0.3, -0.25) is 14.9 Å². The van der Waals surface area contributed by atoms with Crippen molar-refractivity contribution >= 4 is 45.7 Å². The highest BCUT2D eigenvalue weighted by Gasteiger charge is 2.22. The van der Waals surface area contributed by atoms with Gasteiger partial charge in [-0.05, 0) is 42.7 Å². The van der Waals surface area contributed by atoms with Crippen molar-refractivity contribution in [2.75, 3.05) is 22.5 Å². The summed E-state index contributed by atoms with van der Waals surface area (Å²) in [6, 6.07) is 13.4. The molecule has 0 saturated heterocycles. The monoisotopic (exact) mass is 428 g/mol. The van der Waals surface area contributed by atoms with E-state index in [9.17, 15) is 14.0 Å². The first-order valence-electron chi connectivity index (χ1n) is 9.01. The molecule has 0 spiro atoms. The number of hydrogen-bond acceptors (Lipinski definition) is 6. The van der Waals surface area contributed by atoms with Crippen LogP contribution in [0.2, 0.25) is 0 Å². The van der Waals surface area contributed by atoms with E-state index < -0.39 is 11.7 Å². The molecule has 0 aliphatic carbocycles. The first-order chi connectivity index (χ1) is 14.1. The molecule has 1 aliphatic rings. The lowest BCUT2D eigenvalue weighted by Crippen LogP contribution is -2.36. The smallest absolute Gasteiger partial charge is 0.257 e. The van der Waals surface area contributed by atoms with Gasteiger partial charge in [0.15, 0.2) is 4.34 Å². The number of hydrogen-bond donors (Lipinski definition) is 1. The molecule has 3 aromatic rings. The summed E-state index contributed by atoms with van der Waals surface area (Å²) < 4.78 is 13.8. The first-order valence-corrected chi connectivity index (χ1v) is 10.8. The highest BCUT2D eigenvalue weighted by Crippen LogP contribution is 2.30. The number of aromatic nitrogens is 2. The molecule has 1 aromatic heterocycles. The van der Waals surface area contributed by atoms with Crippen LogP contribution in [0.25, 0.3) is 0 Å². The number of amides is 2. The molecule has 148 valence electrons. The molecule has 9 heteroatoms.